The molecule has 0 fully saturated rings. The van der Waals surface area contributed by atoms with Crippen molar-refractivity contribution in [3.05, 3.63) is 16.5 Å². The quantitative estimate of drug-likeness (QED) is 0.536. The molecule has 27 heavy (non-hydrogen) atoms. The summed E-state index contributed by atoms with van der Waals surface area (Å²) in [5.41, 5.74) is 1.38. The van der Waals surface area contributed by atoms with E-state index in [1.54, 1.807) is 11.3 Å². The van der Waals surface area contributed by atoms with Crippen LogP contribution in [0.2, 0.25) is 0 Å². The maximum absolute atomic E-state index is 11.8. The highest BCUT2D eigenvalue weighted by molar-refractivity contribution is 7.99. The number of carbonyl (C=O) groups is 2. The highest BCUT2D eigenvalue weighted by atomic mass is 32.2. The number of hydrogen-bond donors (Lipinski definition) is 2. The zero-order valence-electron chi connectivity index (χ0n) is 15.5. The third-order valence-electron chi connectivity index (χ3n) is 4.34. The van der Waals surface area contributed by atoms with Crippen molar-refractivity contribution in [2.24, 2.45) is 5.92 Å². The number of imide groups is 1. The van der Waals surface area contributed by atoms with Crippen LogP contribution in [0.3, 0.4) is 0 Å². The molecule has 1 aliphatic rings. The predicted octanol–water partition coefficient (Wildman–Crippen LogP) is 3.64. The number of nitrogens with zero attached hydrogens (tertiary/aromatic N) is 2. The first-order valence-electron chi connectivity index (χ1n) is 9.21. The first-order valence-corrected chi connectivity index (χ1v) is 11.0. The van der Waals surface area contributed by atoms with Gasteiger partial charge in [-0.2, -0.15) is 0 Å². The molecule has 1 aliphatic carbocycles. The Morgan fingerprint density at radius 2 is 2.26 bits per heavy atom. The van der Waals surface area contributed by atoms with Gasteiger partial charge < -0.3 is 9.73 Å². The van der Waals surface area contributed by atoms with E-state index in [0.29, 0.717) is 23.6 Å². The smallest absolute Gasteiger partial charge is 0.321 e. The molecule has 0 aliphatic heterocycles. The molecule has 2 aromatic heterocycles. The second kappa shape index (κ2) is 9.36. The molecule has 0 saturated carbocycles. The molecule has 0 radical (unpaired) electrons. The second-order valence-corrected chi connectivity index (χ2v) is 8.79. The molecule has 0 saturated heterocycles. The van der Waals surface area contributed by atoms with Crippen molar-refractivity contribution in [2.45, 2.75) is 51.2 Å². The van der Waals surface area contributed by atoms with Crippen molar-refractivity contribution in [1.29, 1.82) is 0 Å². The molecular weight excluding hydrogens is 384 g/mol. The SMILES string of the molecule is CCCCNC(=O)NC(=O)CSc1nnc(-c2cc3c(s2)CC[C@@H](C)C3)o1. The summed E-state index contributed by atoms with van der Waals surface area (Å²) < 4.78 is 5.68. The van der Waals surface area contributed by atoms with Gasteiger partial charge in [-0.25, -0.2) is 4.79 Å². The average molecular weight is 409 g/mol. The second-order valence-electron chi connectivity index (χ2n) is 6.73. The molecular formula is C18H24N4O3S2. The van der Waals surface area contributed by atoms with Crippen LogP contribution in [0.5, 0.6) is 0 Å². The molecule has 0 unspecified atom stereocenters. The normalized spacial score (nSPS) is 16.0. The fourth-order valence-corrected chi connectivity index (χ4v) is 4.58. The third-order valence-corrected chi connectivity index (χ3v) is 6.39. The van der Waals surface area contributed by atoms with Gasteiger partial charge >= 0.3 is 6.03 Å². The Kier molecular flexibility index (Phi) is 6.89. The maximum Gasteiger partial charge on any atom is 0.321 e. The number of aromatic nitrogens is 2. The summed E-state index contributed by atoms with van der Waals surface area (Å²) in [5.74, 6) is 0.851. The largest absolute Gasteiger partial charge is 0.410 e. The minimum Gasteiger partial charge on any atom is -0.410 e. The molecule has 2 heterocycles. The summed E-state index contributed by atoms with van der Waals surface area (Å²) >= 11 is 2.83. The Morgan fingerprint density at radius 3 is 3.07 bits per heavy atom. The Morgan fingerprint density at radius 1 is 1.41 bits per heavy atom. The molecule has 146 valence electrons. The lowest BCUT2D eigenvalue weighted by Crippen LogP contribution is -2.40. The number of fused-ring (bicyclic) bond motifs is 1. The van der Waals surface area contributed by atoms with Crippen LogP contribution in [-0.4, -0.2) is 34.4 Å². The Hall–Kier alpha value is -1.87. The lowest BCUT2D eigenvalue weighted by molar-refractivity contribution is -0.117. The summed E-state index contributed by atoms with van der Waals surface area (Å²) in [6.45, 7) is 4.86. The minimum atomic E-state index is -0.473. The van der Waals surface area contributed by atoms with Crippen molar-refractivity contribution in [1.82, 2.24) is 20.8 Å². The molecule has 0 bridgehead atoms. The summed E-state index contributed by atoms with van der Waals surface area (Å²) in [6.07, 6.45) is 5.29. The van der Waals surface area contributed by atoms with E-state index in [0.717, 1.165) is 42.3 Å². The molecule has 3 amide bonds. The number of thioether (sulfide) groups is 1. The fraction of sp³-hybridized carbons (Fsp3) is 0.556. The van der Waals surface area contributed by atoms with Gasteiger partial charge in [-0.15, -0.1) is 21.5 Å². The number of rotatable bonds is 7. The number of aryl methyl sites for hydroxylation is 1. The van der Waals surface area contributed by atoms with Crippen molar-refractivity contribution in [3.8, 4) is 10.8 Å². The monoisotopic (exact) mass is 408 g/mol. The lowest BCUT2D eigenvalue weighted by atomic mass is 9.90. The number of hydrogen-bond acceptors (Lipinski definition) is 7. The van der Waals surface area contributed by atoms with Crippen LogP contribution in [0, 0.1) is 5.92 Å². The van der Waals surface area contributed by atoms with Crippen LogP contribution < -0.4 is 10.6 Å². The van der Waals surface area contributed by atoms with E-state index in [1.165, 1.54) is 16.9 Å². The zero-order valence-corrected chi connectivity index (χ0v) is 17.2. The van der Waals surface area contributed by atoms with Crippen LogP contribution in [0.15, 0.2) is 15.7 Å². The molecule has 7 nitrogen and oxygen atoms in total. The van der Waals surface area contributed by atoms with Gasteiger partial charge in [0.15, 0.2) is 0 Å². The Labute approximate surface area is 166 Å². The third kappa shape index (κ3) is 5.55. The van der Waals surface area contributed by atoms with Crippen molar-refractivity contribution in [3.63, 3.8) is 0 Å². The van der Waals surface area contributed by atoms with E-state index >= 15 is 0 Å². The topological polar surface area (TPSA) is 97.1 Å². The van der Waals surface area contributed by atoms with Crippen LogP contribution in [-0.2, 0) is 17.6 Å². The van der Waals surface area contributed by atoms with Gasteiger partial charge in [0.1, 0.15) is 0 Å². The lowest BCUT2D eigenvalue weighted by Gasteiger charge is -2.16. The number of amides is 3. The predicted molar refractivity (Wildman–Crippen MR) is 106 cm³/mol. The summed E-state index contributed by atoms with van der Waals surface area (Å²) in [7, 11) is 0. The maximum atomic E-state index is 11.8. The van der Waals surface area contributed by atoms with Crippen molar-refractivity contribution in [2.75, 3.05) is 12.3 Å². The highest BCUT2D eigenvalue weighted by Gasteiger charge is 2.21. The first kappa shape index (κ1) is 19.9. The Bertz CT molecular complexity index is 802. The van der Waals surface area contributed by atoms with Crippen LogP contribution in [0.1, 0.15) is 43.6 Å². The molecule has 9 heteroatoms. The molecule has 0 aromatic carbocycles. The van der Waals surface area contributed by atoms with Crippen LogP contribution >= 0.6 is 23.1 Å². The molecule has 2 aromatic rings. The Balaban J connectivity index is 1.50. The van der Waals surface area contributed by atoms with Crippen LogP contribution in [0.25, 0.3) is 10.8 Å². The summed E-state index contributed by atoms with van der Waals surface area (Å²) in [6, 6.07) is 1.67. The number of thiophene rings is 1. The molecule has 0 spiro atoms. The van der Waals surface area contributed by atoms with Gasteiger partial charge in [-0.1, -0.05) is 32.0 Å². The van der Waals surface area contributed by atoms with E-state index in [1.807, 2.05) is 6.92 Å². The van der Waals surface area contributed by atoms with E-state index in [2.05, 4.69) is 33.8 Å². The zero-order chi connectivity index (χ0) is 19.2. The fourth-order valence-electron chi connectivity index (χ4n) is 2.89. The van der Waals surface area contributed by atoms with Gasteiger partial charge in [0, 0.05) is 11.4 Å². The molecule has 1 atom stereocenters. The molecule has 3 rings (SSSR count). The average Bonchev–Trinajstić information content (AvgIpc) is 3.26. The first-order chi connectivity index (χ1) is 13.0. The van der Waals surface area contributed by atoms with Gasteiger partial charge in [-0.05, 0) is 43.2 Å². The van der Waals surface area contributed by atoms with E-state index in [4.69, 9.17) is 4.42 Å². The summed E-state index contributed by atoms with van der Waals surface area (Å²) in [4.78, 5) is 25.8. The van der Waals surface area contributed by atoms with E-state index in [-0.39, 0.29) is 5.75 Å². The van der Waals surface area contributed by atoms with Gasteiger partial charge in [-0.3, -0.25) is 10.1 Å². The van der Waals surface area contributed by atoms with Gasteiger partial charge in [0.2, 0.25) is 5.91 Å². The number of unbranched alkanes of at least 4 members (excludes halogenated alkanes) is 1. The van der Waals surface area contributed by atoms with E-state index < -0.39 is 11.9 Å². The standard InChI is InChI=1S/C18H24N4O3S2/c1-3-4-7-19-17(24)20-15(23)10-26-18-22-21-16(25-18)14-9-12-8-11(2)5-6-13(12)27-14/h9,11H,3-8,10H2,1-2H3,(H2,19,20,23,24)/t11-/m1/s1. The van der Waals surface area contributed by atoms with Crippen molar-refractivity contribution < 1.29 is 14.0 Å². The van der Waals surface area contributed by atoms with Gasteiger partial charge in [0.25, 0.3) is 11.1 Å². The minimum absolute atomic E-state index is 0.0429. The number of nitrogens with one attached hydrogen (secondary N) is 2. The van der Waals surface area contributed by atoms with Gasteiger partial charge in [0.05, 0.1) is 10.6 Å². The highest BCUT2D eigenvalue weighted by Crippen LogP contribution is 2.37. The van der Waals surface area contributed by atoms with Crippen molar-refractivity contribution >= 4 is 35.0 Å². The summed E-state index contributed by atoms with van der Waals surface area (Å²) in [5, 5.41) is 13.3. The number of carbonyl (C=O) groups excluding carboxylic acids is 2. The molecule has 2 N–H and O–H groups in total. The van der Waals surface area contributed by atoms with Crippen LogP contribution in [0.4, 0.5) is 4.79 Å². The van der Waals surface area contributed by atoms with E-state index in [9.17, 15) is 9.59 Å². The number of urea groups is 1.